The van der Waals surface area contributed by atoms with Crippen molar-refractivity contribution in [3.63, 3.8) is 0 Å². The molecule has 2 aromatic carbocycles. The Morgan fingerprint density at radius 2 is 0.875 bits per heavy atom. The van der Waals surface area contributed by atoms with Crippen LogP contribution < -0.4 is 0 Å². The molecule has 0 saturated heterocycles. The Balaban J connectivity index is 2.03. The number of hydrogen-bond acceptors (Lipinski definition) is 2. The minimum absolute atomic E-state index is 0.261. The van der Waals surface area contributed by atoms with Crippen molar-refractivity contribution in [1.29, 1.82) is 0 Å². The van der Waals surface area contributed by atoms with Crippen LogP contribution in [0, 0.1) is 0 Å². The molecule has 0 bridgehead atoms. The molecular weight excluding hydrogens is 400 g/mol. The van der Waals surface area contributed by atoms with Crippen molar-refractivity contribution >= 4 is 11.9 Å². The zero-order valence-corrected chi connectivity index (χ0v) is 19.1. The van der Waals surface area contributed by atoms with Crippen molar-refractivity contribution in [2.75, 3.05) is 0 Å². The van der Waals surface area contributed by atoms with Gasteiger partial charge in [-0.2, -0.15) is 0 Å². The molecule has 4 heteroatoms. The lowest BCUT2D eigenvalue weighted by atomic mass is 9.76. The number of benzene rings is 2. The van der Waals surface area contributed by atoms with Gasteiger partial charge in [0.1, 0.15) is 0 Å². The summed E-state index contributed by atoms with van der Waals surface area (Å²) in [5.74, 6) is -0.562. The highest BCUT2D eigenvalue weighted by molar-refractivity contribution is 5.66. The smallest absolute Gasteiger partial charge is 0.303 e. The van der Waals surface area contributed by atoms with E-state index in [1.807, 2.05) is 0 Å². The van der Waals surface area contributed by atoms with Gasteiger partial charge in [0.2, 0.25) is 0 Å². The zero-order valence-electron chi connectivity index (χ0n) is 19.1. The van der Waals surface area contributed by atoms with E-state index in [-0.39, 0.29) is 12.8 Å². The molecule has 0 fully saturated rings. The molecule has 0 spiro atoms. The summed E-state index contributed by atoms with van der Waals surface area (Å²) >= 11 is 0. The van der Waals surface area contributed by atoms with Crippen molar-refractivity contribution in [3.05, 3.63) is 71.8 Å². The SMILES string of the molecule is O=C(O)CCCCCCC(c1ccccc1)C(CCCCCCC(=O)O)c1ccccc1. The molecule has 0 aromatic heterocycles. The minimum atomic E-state index is -0.709. The van der Waals surface area contributed by atoms with E-state index in [0.29, 0.717) is 11.8 Å². The molecule has 2 atom stereocenters. The number of unbranched alkanes of at least 4 members (excludes halogenated alkanes) is 6. The summed E-state index contributed by atoms with van der Waals surface area (Å²) in [7, 11) is 0. The molecule has 0 amide bonds. The van der Waals surface area contributed by atoms with Crippen LogP contribution in [0.15, 0.2) is 60.7 Å². The molecule has 2 unspecified atom stereocenters. The summed E-state index contributed by atoms with van der Waals surface area (Å²) in [5, 5.41) is 17.7. The van der Waals surface area contributed by atoms with Crippen LogP contribution in [0.25, 0.3) is 0 Å². The van der Waals surface area contributed by atoms with E-state index in [2.05, 4.69) is 60.7 Å². The predicted molar refractivity (Wildman–Crippen MR) is 129 cm³/mol. The summed E-state index contributed by atoms with van der Waals surface area (Å²) in [5.41, 5.74) is 2.75. The first-order valence-corrected chi connectivity index (χ1v) is 12.1. The zero-order chi connectivity index (χ0) is 23.0. The molecule has 0 saturated carbocycles. The van der Waals surface area contributed by atoms with E-state index in [9.17, 15) is 9.59 Å². The second-order valence-electron chi connectivity index (χ2n) is 8.73. The van der Waals surface area contributed by atoms with Crippen molar-refractivity contribution in [2.45, 2.75) is 88.9 Å². The third-order valence-corrected chi connectivity index (χ3v) is 6.25. The largest absolute Gasteiger partial charge is 0.481 e. The molecule has 0 aliphatic heterocycles. The van der Waals surface area contributed by atoms with E-state index in [4.69, 9.17) is 10.2 Å². The van der Waals surface area contributed by atoms with Crippen molar-refractivity contribution in [2.24, 2.45) is 0 Å². The highest BCUT2D eigenvalue weighted by Gasteiger charge is 2.24. The fraction of sp³-hybridized carbons (Fsp3) is 0.500. The van der Waals surface area contributed by atoms with Crippen LogP contribution in [-0.2, 0) is 9.59 Å². The molecule has 4 nitrogen and oxygen atoms in total. The van der Waals surface area contributed by atoms with Gasteiger partial charge in [-0.15, -0.1) is 0 Å². The Kier molecular flexibility index (Phi) is 12.2. The summed E-state index contributed by atoms with van der Waals surface area (Å²) < 4.78 is 0. The van der Waals surface area contributed by atoms with Crippen molar-refractivity contribution < 1.29 is 19.8 Å². The van der Waals surface area contributed by atoms with Gasteiger partial charge in [0.15, 0.2) is 0 Å². The topological polar surface area (TPSA) is 74.6 Å². The lowest BCUT2D eigenvalue weighted by Crippen LogP contribution is -2.12. The maximum atomic E-state index is 10.7. The van der Waals surface area contributed by atoms with Gasteiger partial charge in [0.25, 0.3) is 0 Å². The number of carboxylic acids is 2. The molecule has 0 radical (unpaired) electrons. The summed E-state index contributed by atoms with van der Waals surface area (Å²) in [6.07, 6.45) is 10.5. The first-order valence-electron chi connectivity index (χ1n) is 12.1. The second kappa shape index (κ2) is 15.2. The summed E-state index contributed by atoms with van der Waals surface area (Å²) in [6.45, 7) is 0. The second-order valence-corrected chi connectivity index (χ2v) is 8.73. The van der Waals surface area contributed by atoms with Gasteiger partial charge in [0, 0.05) is 12.8 Å². The fourth-order valence-electron chi connectivity index (χ4n) is 4.59. The van der Waals surface area contributed by atoms with Gasteiger partial charge in [-0.1, -0.05) is 99.2 Å². The number of aliphatic carboxylic acids is 2. The van der Waals surface area contributed by atoms with Crippen LogP contribution in [0.1, 0.15) is 100 Å². The molecule has 174 valence electrons. The van der Waals surface area contributed by atoms with Crippen LogP contribution in [-0.4, -0.2) is 22.2 Å². The third-order valence-electron chi connectivity index (χ3n) is 6.25. The highest BCUT2D eigenvalue weighted by Crippen LogP contribution is 2.40. The van der Waals surface area contributed by atoms with Crippen LogP contribution >= 0.6 is 0 Å². The van der Waals surface area contributed by atoms with E-state index in [1.165, 1.54) is 11.1 Å². The average molecular weight is 439 g/mol. The molecule has 2 aromatic rings. The van der Waals surface area contributed by atoms with E-state index >= 15 is 0 Å². The fourth-order valence-corrected chi connectivity index (χ4v) is 4.59. The standard InChI is InChI=1S/C28H38O4/c29-27(30)21-13-3-1-11-19-25(23-15-7-5-8-16-23)26(24-17-9-6-10-18-24)20-12-2-4-14-22-28(31)32/h5-10,15-18,25-26H,1-4,11-14,19-22H2,(H,29,30)(H,31,32). The Morgan fingerprint density at radius 1 is 0.531 bits per heavy atom. The van der Waals surface area contributed by atoms with Crippen LogP contribution in [0.2, 0.25) is 0 Å². The maximum Gasteiger partial charge on any atom is 0.303 e. The average Bonchev–Trinajstić information content (AvgIpc) is 2.79. The van der Waals surface area contributed by atoms with E-state index in [0.717, 1.165) is 64.2 Å². The van der Waals surface area contributed by atoms with Gasteiger partial charge >= 0.3 is 11.9 Å². The van der Waals surface area contributed by atoms with E-state index < -0.39 is 11.9 Å². The molecule has 2 rings (SSSR count). The van der Waals surface area contributed by atoms with Crippen LogP contribution in [0.5, 0.6) is 0 Å². The maximum absolute atomic E-state index is 10.7. The molecule has 0 aliphatic carbocycles. The van der Waals surface area contributed by atoms with Crippen LogP contribution in [0.3, 0.4) is 0 Å². The summed E-state index contributed by atoms with van der Waals surface area (Å²) in [6, 6.07) is 21.5. The predicted octanol–water partition coefficient (Wildman–Crippen LogP) is 7.40. The molecule has 0 aliphatic rings. The molecular formula is C28H38O4. The van der Waals surface area contributed by atoms with Crippen LogP contribution in [0.4, 0.5) is 0 Å². The van der Waals surface area contributed by atoms with E-state index in [1.54, 1.807) is 0 Å². The normalized spacial score (nSPS) is 12.9. The highest BCUT2D eigenvalue weighted by atomic mass is 16.4. The van der Waals surface area contributed by atoms with Crippen molar-refractivity contribution in [3.8, 4) is 0 Å². The Labute approximate surface area is 192 Å². The first kappa shape index (κ1) is 25.6. The first-order chi connectivity index (χ1) is 15.6. The number of carboxylic acid groups (broad SMARTS) is 2. The monoisotopic (exact) mass is 438 g/mol. The Morgan fingerprint density at radius 3 is 1.22 bits per heavy atom. The van der Waals surface area contributed by atoms with Gasteiger partial charge < -0.3 is 10.2 Å². The lowest BCUT2D eigenvalue weighted by Gasteiger charge is -2.29. The van der Waals surface area contributed by atoms with Gasteiger partial charge in [0.05, 0.1) is 0 Å². The number of hydrogen-bond donors (Lipinski definition) is 2. The van der Waals surface area contributed by atoms with Gasteiger partial charge in [-0.05, 0) is 48.6 Å². The number of rotatable bonds is 17. The number of carbonyl (C=O) groups is 2. The van der Waals surface area contributed by atoms with Crippen molar-refractivity contribution in [1.82, 2.24) is 0 Å². The van der Waals surface area contributed by atoms with Gasteiger partial charge in [-0.3, -0.25) is 9.59 Å². The molecule has 2 N–H and O–H groups in total. The van der Waals surface area contributed by atoms with Gasteiger partial charge in [-0.25, -0.2) is 0 Å². The Bertz CT molecular complexity index is 705. The lowest BCUT2D eigenvalue weighted by molar-refractivity contribution is -0.138. The molecule has 32 heavy (non-hydrogen) atoms. The summed E-state index contributed by atoms with van der Waals surface area (Å²) in [4.78, 5) is 21.5. The quantitative estimate of drug-likeness (QED) is 0.252. The molecule has 0 heterocycles. The minimum Gasteiger partial charge on any atom is -0.481 e. The third kappa shape index (κ3) is 10.1. The Hall–Kier alpha value is -2.62.